The number of ether oxygens (including phenoxy) is 1. The normalized spacial score (nSPS) is 12.3. The van der Waals surface area contributed by atoms with Crippen LogP contribution in [-0.2, 0) is 4.79 Å². The molecule has 3 N–H and O–H groups in total. The van der Waals surface area contributed by atoms with Crippen molar-refractivity contribution < 1.29 is 9.53 Å². The van der Waals surface area contributed by atoms with Gasteiger partial charge in [0.2, 0.25) is 5.91 Å². The van der Waals surface area contributed by atoms with E-state index in [0.29, 0.717) is 30.6 Å². The van der Waals surface area contributed by atoms with Gasteiger partial charge in [0.25, 0.3) is 0 Å². The van der Waals surface area contributed by atoms with Crippen molar-refractivity contribution in [1.29, 1.82) is 0 Å². The Morgan fingerprint density at radius 2 is 2.05 bits per heavy atom. The Hall–Kier alpha value is -1.55. The zero-order valence-electron chi connectivity index (χ0n) is 13.6. The number of nitrogens with one attached hydrogen (secondary N) is 1. The lowest BCUT2D eigenvalue weighted by Crippen LogP contribution is -2.18. The third-order valence-corrected chi connectivity index (χ3v) is 3.85. The summed E-state index contributed by atoms with van der Waals surface area (Å²) >= 11 is 0. The van der Waals surface area contributed by atoms with E-state index < -0.39 is 0 Å². The summed E-state index contributed by atoms with van der Waals surface area (Å²) in [7, 11) is 1.61. The Bertz CT molecular complexity index is 458. The number of nitrogens with two attached hydrogens (primary N) is 1. The van der Waals surface area contributed by atoms with E-state index in [-0.39, 0.29) is 5.91 Å². The topological polar surface area (TPSA) is 64.3 Å². The summed E-state index contributed by atoms with van der Waals surface area (Å²) in [6, 6.07) is 5.76. The van der Waals surface area contributed by atoms with Crippen LogP contribution in [0.15, 0.2) is 18.2 Å². The third-order valence-electron chi connectivity index (χ3n) is 3.85. The van der Waals surface area contributed by atoms with Crippen LogP contribution in [0, 0.1) is 18.8 Å². The lowest BCUT2D eigenvalue weighted by molar-refractivity contribution is -0.116. The molecule has 0 bridgehead atoms. The average Bonchev–Trinajstić information content (AvgIpc) is 2.43. The summed E-state index contributed by atoms with van der Waals surface area (Å²) in [5, 5.41) is 2.94. The van der Waals surface area contributed by atoms with Gasteiger partial charge in [0.05, 0.1) is 12.8 Å². The second kappa shape index (κ2) is 8.67. The zero-order valence-corrected chi connectivity index (χ0v) is 13.6. The molecule has 1 aromatic carbocycles. The second-order valence-corrected chi connectivity index (χ2v) is 5.87. The van der Waals surface area contributed by atoms with Gasteiger partial charge >= 0.3 is 0 Å². The minimum Gasteiger partial charge on any atom is -0.495 e. The fourth-order valence-corrected chi connectivity index (χ4v) is 2.47. The van der Waals surface area contributed by atoms with Crippen LogP contribution in [0.4, 0.5) is 5.69 Å². The fraction of sp³-hybridized carbons (Fsp3) is 0.588. The molecule has 0 spiro atoms. The molecule has 4 heteroatoms. The molecule has 118 valence electrons. The van der Waals surface area contributed by atoms with E-state index >= 15 is 0 Å². The predicted octanol–water partition coefficient (Wildman–Crippen LogP) is 3.34. The minimum absolute atomic E-state index is 0.0292. The first-order valence-electron chi connectivity index (χ1n) is 7.62. The molecule has 1 atom stereocenters. The van der Waals surface area contributed by atoms with Gasteiger partial charge in [-0.05, 0) is 55.8 Å². The van der Waals surface area contributed by atoms with Gasteiger partial charge < -0.3 is 15.8 Å². The molecule has 0 saturated heterocycles. The first kappa shape index (κ1) is 17.5. The van der Waals surface area contributed by atoms with Crippen LogP contribution in [-0.4, -0.2) is 19.6 Å². The highest BCUT2D eigenvalue weighted by molar-refractivity contribution is 5.92. The number of amides is 1. The third kappa shape index (κ3) is 5.76. The van der Waals surface area contributed by atoms with Gasteiger partial charge in [-0.25, -0.2) is 0 Å². The number of carbonyl (C=O) groups is 1. The second-order valence-electron chi connectivity index (χ2n) is 5.87. The quantitative estimate of drug-likeness (QED) is 0.772. The lowest BCUT2D eigenvalue weighted by atomic mass is 9.88. The molecular formula is C17H28N2O2. The first-order valence-corrected chi connectivity index (χ1v) is 7.62. The number of methoxy groups -OCH3 is 1. The van der Waals surface area contributed by atoms with Crippen molar-refractivity contribution in [2.45, 2.75) is 40.0 Å². The summed E-state index contributed by atoms with van der Waals surface area (Å²) in [4.78, 5) is 12.1. The molecule has 0 aliphatic heterocycles. The lowest BCUT2D eigenvalue weighted by Gasteiger charge is -2.20. The molecule has 1 amide bonds. The van der Waals surface area contributed by atoms with Crippen molar-refractivity contribution in [2.24, 2.45) is 17.6 Å². The van der Waals surface area contributed by atoms with Crippen LogP contribution in [0.1, 0.15) is 38.7 Å². The molecule has 0 saturated carbocycles. The van der Waals surface area contributed by atoms with E-state index in [1.165, 1.54) is 0 Å². The van der Waals surface area contributed by atoms with Crippen LogP contribution in [0.5, 0.6) is 5.75 Å². The number of benzene rings is 1. The van der Waals surface area contributed by atoms with E-state index in [1.54, 1.807) is 7.11 Å². The maximum Gasteiger partial charge on any atom is 0.224 e. The van der Waals surface area contributed by atoms with Crippen molar-refractivity contribution in [3.05, 3.63) is 23.8 Å². The van der Waals surface area contributed by atoms with Gasteiger partial charge in [0.1, 0.15) is 5.75 Å². The highest BCUT2D eigenvalue weighted by Gasteiger charge is 2.15. The number of rotatable bonds is 8. The number of hydrogen-bond donors (Lipinski definition) is 2. The van der Waals surface area contributed by atoms with Gasteiger partial charge in [-0.3, -0.25) is 4.79 Å². The molecule has 0 aromatic heterocycles. The highest BCUT2D eigenvalue weighted by Crippen LogP contribution is 2.26. The average molecular weight is 292 g/mol. The van der Waals surface area contributed by atoms with Crippen molar-refractivity contribution >= 4 is 11.6 Å². The van der Waals surface area contributed by atoms with Crippen molar-refractivity contribution in [3.63, 3.8) is 0 Å². The fourth-order valence-electron chi connectivity index (χ4n) is 2.47. The number of aryl methyl sites for hydroxylation is 1. The number of anilines is 1. The molecule has 0 aliphatic carbocycles. The van der Waals surface area contributed by atoms with Gasteiger partial charge in [-0.15, -0.1) is 0 Å². The molecule has 0 heterocycles. The Balaban J connectivity index is 2.59. The van der Waals surface area contributed by atoms with E-state index in [2.05, 4.69) is 19.2 Å². The summed E-state index contributed by atoms with van der Waals surface area (Å²) in [6.07, 6.45) is 2.35. The van der Waals surface area contributed by atoms with E-state index in [1.807, 2.05) is 25.1 Å². The van der Waals surface area contributed by atoms with Crippen molar-refractivity contribution in [3.8, 4) is 5.75 Å². The SMILES string of the molecule is COc1ccc(C)cc1NC(=O)CCC(CCN)C(C)C. The van der Waals surface area contributed by atoms with Gasteiger partial charge in [-0.1, -0.05) is 19.9 Å². The number of carbonyl (C=O) groups excluding carboxylic acids is 1. The summed E-state index contributed by atoms with van der Waals surface area (Å²) in [5.41, 5.74) is 7.46. The van der Waals surface area contributed by atoms with Crippen LogP contribution < -0.4 is 15.8 Å². The Morgan fingerprint density at radius 3 is 2.62 bits per heavy atom. The maximum absolute atomic E-state index is 12.1. The van der Waals surface area contributed by atoms with Gasteiger partial charge in [0.15, 0.2) is 0 Å². The Labute approximate surface area is 128 Å². The summed E-state index contributed by atoms with van der Waals surface area (Å²) < 4.78 is 5.27. The van der Waals surface area contributed by atoms with E-state index in [0.717, 1.165) is 24.1 Å². The largest absolute Gasteiger partial charge is 0.495 e. The predicted molar refractivity (Wildman–Crippen MR) is 87.6 cm³/mol. The molecule has 1 rings (SSSR count). The van der Waals surface area contributed by atoms with Gasteiger partial charge in [0, 0.05) is 6.42 Å². The first-order chi connectivity index (χ1) is 9.97. The highest BCUT2D eigenvalue weighted by atomic mass is 16.5. The van der Waals surface area contributed by atoms with Crippen LogP contribution in [0.2, 0.25) is 0 Å². The molecule has 1 unspecified atom stereocenters. The molecule has 0 fully saturated rings. The molecular weight excluding hydrogens is 264 g/mol. The Kier molecular flexibility index (Phi) is 7.23. The smallest absolute Gasteiger partial charge is 0.224 e. The molecule has 0 radical (unpaired) electrons. The summed E-state index contributed by atoms with van der Waals surface area (Å²) in [5.74, 6) is 1.77. The maximum atomic E-state index is 12.1. The molecule has 1 aromatic rings. The van der Waals surface area contributed by atoms with E-state index in [9.17, 15) is 4.79 Å². The molecule has 4 nitrogen and oxygen atoms in total. The van der Waals surface area contributed by atoms with Gasteiger partial charge in [-0.2, -0.15) is 0 Å². The number of hydrogen-bond acceptors (Lipinski definition) is 3. The van der Waals surface area contributed by atoms with Crippen LogP contribution >= 0.6 is 0 Å². The molecule has 0 aliphatic rings. The monoisotopic (exact) mass is 292 g/mol. The standard InChI is InChI=1S/C17H28N2O2/c1-12(2)14(9-10-18)6-8-17(20)19-15-11-13(3)5-7-16(15)21-4/h5,7,11-12,14H,6,8-10,18H2,1-4H3,(H,19,20). The van der Waals surface area contributed by atoms with Crippen molar-refractivity contribution in [2.75, 3.05) is 19.0 Å². The Morgan fingerprint density at radius 1 is 1.33 bits per heavy atom. The van der Waals surface area contributed by atoms with Crippen LogP contribution in [0.25, 0.3) is 0 Å². The minimum atomic E-state index is 0.0292. The van der Waals surface area contributed by atoms with E-state index in [4.69, 9.17) is 10.5 Å². The van der Waals surface area contributed by atoms with Crippen molar-refractivity contribution in [1.82, 2.24) is 0 Å². The molecule has 21 heavy (non-hydrogen) atoms. The van der Waals surface area contributed by atoms with Crippen LogP contribution in [0.3, 0.4) is 0 Å². The summed E-state index contributed by atoms with van der Waals surface area (Å²) in [6.45, 7) is 7.03. The zero-order chi connectivity index (χ0) is 15.8.